The van der Waals surface area contributed by atoms with Gasteiger partial charge in [0.25, 0.3) is 0 Å². The quantitative estimate of drug-likeness (QED) is 0.411. The smallest absolute Gasteiger partial charge is 0.308 e. The minimum atomic E-state index is 0.0137. The minimum Gasteiger partial charge on any atom is -0.466 e. The van der Waals surface area contributed by atoms with Crippen LogP contribution in [-0.4, -0.2) is 12.6 Å². The highest BCUT2D eigenvalue weighted by atomic mass is 16.5. The van der Waals surface area contributed by atoms with E-state index in [9.17, 15) is 4.79 Å². The molecule has 0 aliphatic rings. The summed E-state index contributed by atoms with van der Waals surface area (Å²) < 4.78 is 5.10. The van der Waals surface area contributed by atoms with Crippen molar-refractivity contribution in [1.82, 2.24) is 0 Å². The van der Waals surface area contributed by atoms with Crippen LogP contribution in [0.2, 0.25) is 0 Å². The molecule has 0 radical (unpaired) electrons. The van der Waals surface area contributed by atoms with Crippen molar-refractivity contribution in [2.24, 2.45) is 5.92 Å². The zero-order valence-corrected chi connectivity index (χ0v) is 11.3. The van der Waals surface area contributed by atoms with Crippen LogP contribution in [0.25, 0.3) is 0 Å². The maximum absolute atomic E-state index is 11.6. The van der Waals surface area contributed by atoms with Gasteiger partial charge in [-0.3, -0.25) is 4.79 Å². The van der Waals surface area contributed by atoms with Gasteiger partial charge in [-0.25, -0.2) is 0 Å². The van der Waals surface area contributed by atoms with E-state index in [1.165, 1.54) is 32.1 Å². The molecule has 0 rings (SSSR count). The Morgan fingerprint density at radius 3 is 2.19 bits per heavy atom. The first-order chi connectivity index (χ1) is 7.76. The molecule has 0 aromatic rings. The van der Waals surface area contributed by atoms with Crippen LogP contribution in [0.1, 0.15) is 72.1 Å². The van der Waals surface area contributed by atoms with E-state index in [-0.39, 0.29) is 11.9 Å². The predicted octanol–water partition coefficient (Wildman–Crippen LogP) is 4.33. The van der Waals surface area contributed by atoms with Crippen molar-refractivity contribution < 1.29 is 9.53 Å². The molecule has 0 amide bonds. The fourth-order valence-electron chi connectivity index (χ4n) is 1.98. The molecule has 1 atom stereocenters. The van der Waals surface area contributed by atoms with Gasteiger partial charge in [0.15, 0.2) is 0 Å². The second kappa shape index (κ2) is 11.0. The number of carbonyl (C=O) groups is 1. The van der Waals surface area contributed by atoms with Gasteiger partial charge >= 0.3 is 5.97 Å². The van der Waals surface area contributed by atoms with Gasteiger partial charge in [0.1, 0.15) is 0 Å². The zero-order valence-electron chi connectivity index (χ0n) is 11.3. The van der Waals surface area contributed by atoms with Crippen LogP contribution in [0.4, 0.5) is 0 Å². The first kappa shape index (κ1) is 15.5. The van der Waals surface area contributed by atoms with Crippen molar-refractivity contribution in [3.8, 4) is 0 Å². The maximum atomic E-state index is 11.6. The molecule has 1 unspecified atom stereocenters. The highest BCUT2D eigenvalue weighted by Crippen LogP contribution is 2.18. The van der Waals surface area contributed by atoms with Crippen LogP contribution in [0, 0.1) is 5.92 Å². The number of unbranched alkanes of at least 4 members (excludes halogenated alkanes) is 4. The lowest BCUT2D eigenvalue weighted by molar-refractivity contribution is -0.148. The second-order valence-corrected chi connectivity index (χ2v) is 4.44. The van der Waals surface area contributed by atoms with E-state index in [1.807, 2.05) is 6.92 Å². The summed E-state index contributed by atoms with van der Waals surface area (Å²) in [5.41, 5.74) is 0. The van der Waals surface area contributed by atoms with Crippen LogP contribution in [0.3, 0.4) is 0 Å². The largest absolute Gasteiger partial charge is 0.466 e. The first-order valence-electron chi connectivity index (χ1n) is 6.92. The van der Waals surface area contributed by atoms with E-state index in [0.29, 0.717) is 6.61 Å². The van der Waals surface area contributed by atoms with Crippen LogP contribution in [0.15, 0.2) is 0 Å². The number of carbonyl (C=O) groups excluding carboxylic acids is 1. The lowest BCUT2D eigenvalue weighted by Gasteiger charge is -2.14. The summed E-state index contributed by atoms with van der Waals surface area (Å²) in [6, 6.07) is 0. The van der Waals surface area contributed by atoms with Gasteiger partial charge in [0.2, 0.25) is 0 Å². The summed E-state index contributed by atoms with van der Waals surface area (Å²) in [7, 11) is 0. The summed E-state index contributed by atoms with van der Waals surface area (Å²) in [4.78, 5) is 11.6. The Balaban J connectivity index is 3.71. The summed E-state index contributed by atoms with van der Waals surface area (Å²) in [6.45, 7) is 6.73. The van der Waals surface area contributed by atoms with E-state index >= 15 is 0 Å². The van der Waals surface area contributed by atoms with Gasteiger partial charge in [-0.1, -0.05) is 52.4 Å². The van der Waals surface area contributed by atoms with Crippen molar-refractivity contribution in [3.63, 3.8) is 0 Å². The number of hydrogen-bond donors (Lipinski definition) is 0. The number of esters is 1. The highest BCUT2D eigenvalue weighted by Gasteiger charge is 2.17. The van der Waals surface area contributed by atoms with Gasteiger partial charge in [0, 0.05) is 0 Å². The molecule has 96 valence electrons. The minimum absolute atomic E-state index is 0.0137. The first-order valence-corrected chi connectivity index (χ1v) is 6.92. The Labute approximate surface area is 101 Å². The molecule has 0 aliphatic carbocycles. The fraction of sp³-hybridized carbons (Fsp3) is 0.929. The molecular formula is C14H28O2. The van der Waals surface area contributed by atoms with E-state index in [4.69, 9.17) is 4.74 Å². The highest BCUT2D eigenvalue weighted by molar-refractivity contribution is 5.72. The molecule has 0 bridgehead atoms. The molecule has 0 saturated heterocycles. The van der Waals surface area contributed by atoms with Crippen LogP contribution < -0.4 is 0 Å². The van der Waals surface area contributed by atoms with E-state index in [2.05, 4.69) is 13.8 Å². The van der Waals surface area contributed by atoms with Gasteiger partial charge < -0.3 is 4.74 Å². The summed E-state index contributed by atoms with van der Waals surface area (Å²) >= 11 is 0. The lowest BCUT2D eigenvalue weighted by Crippen LogP contribution is -2.17. The summed E-state index contributed by atoms with van der Waals surface area (Å²) in [5.74, 6) is 0.159. The standard InChI is InChI=1S/C14H28O2/c1-4-7-8-9-10-12-13(11-5-2)14(15)16-6-3/h13H,4-12H2,1-3H3. The molecule has 16 heavy (non-hydrogen) atoms. The number of rotatable bonds is 10. The summed E-state index contributed by atoms with van der Waals surface area (Å²) in [6.07, 6.45) is 9.38. The van der Waals surface area contributed by atoms with Crippen molar-refractivity contribution in [2.45, 2.75) is 72.1 Å². The van der Waals surface area contributed by atoms with Gasteiger partial charge in [-0.2, -0.15) is 0 Å². The fourth-order valence-corrected chi connectivity index (χ4v) is 1.98. The molecule has 0 saturated carbocycles. The van der Waals surface area contributed by atoms with Crippen molar-refractivity contribution in [3.05, 3.63) is 0 Å². The molecule has 0 aromatic heterocycles. The average Bonchev–Trinajstić information content (AvgIpc) is 2.27. The average molecular weight is 228 g/mol. The molecule has 2 nitrogen and oxygen atoms in total. The van der Waals surface area contributed by atoms with Crippen LogP contribution in [0.5, 0.6) is 0 Å². The molecule has 0 N–H and O–H groups in total. The number of hydrogen-bond acceptors (Lipinski definition) is 2. The third-order valence-corrected chi connectivity index (χ3v) is 2.91. The Kier molecular flexibility index (Phi) is 10.6. The van der Waals surface area contributed by atoms with Crippen LogP contribution in [-0.2, 0) is 9.53 Å². The third-order valence-electron chi connectivity index (χ3n) is 2.91. The molecule has 0 aliphatic heterocycles. The maximum Gasteiger partial charge on any atom is 0.308 e. The van der Waals surface area contributed by atoms with Gasteiger partial charge in [-0.15, -0.1) is 0 Å². The van der Waals surface area contributed by atoms with E-state index in [1.54, 1.807) is 0 Å². The Morgan fingerprint density at radius 1 is 0.938 bits per heavy atom. The van der Waals surface area contributed by atoms with Gasteiger partial charge in [-0.05, 0) is 19.8 Å². The predicted molar refractivity (Wildman–Crippen MR) is 68.4 cm³/mol. The zero-order chi connectivity index (χ0) is 12.2. The Bertz CT molecular complexity index is 166. The Hall–Kier alpha value is -0.530. The monoisotopic (exact) mass is 228 g/mol. The second-order valence-electron chi connectivity index (χ2n) is 4.44. The topological polar surface area (TPSA) is 26.3 Å². The lowest BCUT2D eigenvalue weighted by atomic mass is 9.96. The van der Waals surface area contributed by atoms with Crippen molar-refractivity contribution >= 4 is 5.97 Å². The number of ether oxygens (including phenoxy) is 1. The molecule has 0 spiro atoms. The molecule has 0 aromatic carbocycles. The van der Waals surface area contributed by atoms with E-state index < -0.39 is 0 Å². The Morgan fingerprint density at radius 2 is 1.62 bits per heavy atom. The molecular weight excluding hydrogens is 200 g/mol. The van der Waals surface area contributed by atoms with Crippen molar-refractivity contribution in [2.75, 3.05) is 6.61 Å². The van der Waals surface area contributed by atoms with Gasteiger partial charge in [0.05, 0.1) is 12.5 Å². The van der Waals surface area contributed by atoms with Crippen molar-refractivity contribution in [1.29, 1.82) is 0 Å². The molecule has 0 fully saturated rings. The normalized spacial score (nSPS) is 12.4. The molecule has 0 heterocycles. The van der Waals surface area contributed by atoms with E-state index in [0.717, 1.165) is 19.3 Å². The third kappa shape index (κ3) is 7.72. The van der Waals surface area contributed by atoms with Crippen LogP contribution >= 0.6 is 0 Å². The molecule has 2 heteroatoms. The SMILES string of the molecule is CCCCCCCC(CCC)C(=O)OCC. The summed E-state index contributed by atoms with van der Waals surface area (Å²) in [5, 5.41) is 0.